The normalized spacial score (nSPS) is 20.0. The smallest absolute Gasteiger partial charge is 0.407 e. The van der Waals surface area contributed by atoms with Gasteiger partial charge in [-0.1, -0.05) is 0 Å². The van der Waals surface area contributed by atoms with E-state index in [4.69, 9.17) is 14.2 Å². The van der Waals surface area contributed by atoms with Crippen LogP contribution in [0.25, 0.3) is 0 Å². The number of benzene rings is 1. The molecule has 2 atom stereocenters. The van der Waals surface area contributed by atoms with Crippen LogP contribution in [-0.2, 0) is 4.74 Å². The van der Waals surface area contributed by atoms with Crippen LogP contribution in [-0.4, -0.2) is 67.1 Å². The lowest BCUT2D eigenvalue weighted by molar-refractivity contribution is 0.0195. The third kappa shape index (κ3) is 5.50. The highest BCUT2D eigenvalue weighted by Crippen LogP contribution is 2.28. The van der Waals surface area contributed by atoms with Gasteiger partial charge in [0.15, 0.2) is 11.5 Å². The van der Waals surface area contributed by atoms with Crippen LogP contribution in [0.2, 0.25) is 0 Å². The first-order chi connectivity index (χ1) is 12.6. The van der Waals surface area contributed by atoms with E-state index in [2.05, 4.69) is 5.32 Å². The summed E-state index contributed by atoms with van der Waals surface area (Å²) in [5.74, 6) is 0.783. The van der Waals surface area contributed by atoms with Crippen molar-refractivity contribution in [3.63, 3.8) is 0 Å². The van der Waals surface area contributed by atoms with E-state index in [1.165, 1.54) is 14.2 Å². The molecule has 27 heavy (non-hydrogen) atoms. The van der Waals surface area contributed by atoms with Gasteiger partial charge >= 0.3 is 6.09 Å². The lowest BCUT2D eigenvalue weighted by Crippen LogP contribution is -2.55. The molecule has 150 valence electrons. The number of hydrogen-bond donors (Lipinski definition) is 2. The number of nitrogens with one attached hydrogen (secondary N) is 1. The van der Waals surface area contributed by atoms with E-state index in [1.807, 2.05) is 0 Å². The number of aliphatic hydroxyl groups excluding tert-OH is 1. The van der Waals surface area contributed by atoms with Gasteiger partial charge in [-0.05, 0) is 45.4 Å². The van der Waals surface area contributed by atoms with Gasteiger partial charge in [-0.25, -0.2) is 4.79 Å². The predicted octanol–water partition coefficient (Wildman–Crippen LogP) is 1.80. The summed E-state index contributed by atoms with van der Waals surface area (Å²) in [7, 11) is 3.03. The van der Waals surface area contributed by atoms with E-state index < -0.39 is 23.8 Å². The molecule has 0 aliphatic carbocycles. The minimum atomic E-state index is -0.879. The van der Waals surface area contributed by atoms with Crippen LogP contribution < -0.4 is 14.8 Å². The Balaban J connectivity index is 1.99. The molecule has 0 radical (unpaired) electrons. The number of carbonyl (C=O) groups is 2. The molecule has 1 aliphatic rings. The molecule has 1 saturated heterocycles. The second-order valence-corrected chi connectivity index (χ2v) is 7.43. The van der Waals surface area contributed by atoms with Crippen molar-refractivity contribution in [1.29, 1.82) is 0 Å². The van der Waals surface area contributed by atoms with Crippen LogP contribution in [0.1, 0.15) is 37.6 Å². The van der Waals surface area contributed by atoms with E-state index in [-0.39, 0.29) is 12.5 Å². The minimum Gasteiger partial charge on any atom is -0.493 e. The Hall–Kier alpha value is -2.48. The summed E-state index contributed by atoms with van der Waals surface area (Å²) in [6, 6.07) is 4.47. The average Bonchev–Trinajstić information content (AvgIpc) is 2.60. The van der Waals surface area contributed by atoms with E-state index in [1.54, 1.807) is 43.9 Å². The summed E-state index contributed by atoms with van der Waals surface area (Å²) in [6.45, 7) is 5.84. The Kier molecular flexibility index (Phi) is 6.54. The molecule has 0 spiro atoms. The monoisotopic (exact) mass is 380 g/mol. The maximum Gasteiger partial charge on any atom is 0.407 e. The third-order valence-electron chi connectivity index (χ3n) is 4.20. The van der Waals surface area contributed by atoms with E-state index in [0.29, 0.717) is 30.0 Å². The highest BCUT2D eigenvalue weighted by atomic mass is 16.6. The second kappa shape index (κ2) is 8.47. The zero-order valence-electron chi connectivity index (χ0n) is 16.4. The molecule has 1 aliphatic heterocycles. The standard InChI is InChI=1S/C19H28N2O6/c1-19(2,3)27-18(24)20-13-8-9-21(11-14(13)22)17(23)12-6-7-15(25-4)16(10-12)26-5/h6-7,10,13-14,22H,8-9,11H2,1-5H3,(H,20,24)/t13-,14+/m0/s1. The van der Waals surface area contributed by atoms with E-state index >= 15 is 0 Å². The summed E-state index contributed by atoms with van der Waals surface area (Å²) >= 11 is 0. The van der Waals surface area contributed by atoms with E-state index in [0.717, 1.165) is 0 Å². The van der Waals surface area contributed by atoms with Crippen LogP contribution in [0.5, 0.6) is 11.5 Å². The lowest BCUT2D eigenvalue weighted by Gasteiger charge is -2.36. The maximum atomic E-state index is 12.7. The SMILES string of the molecule is COc1ccc(C(=O)N2CC[C@H](NC(=O)OC(C)(C)C)[C@H](O)C2)cc1OC. The Bertz CT molecular complexity index is 685. The number of aliphatic hydroxyl groups is 1. The summed E-state index contributed by atoms with van der Waals surface area (Å²) < 4.78 is 15.6. The fourth-order valence-corrected chi connectivity index (χ4v) is 2.90. The molecule has 0 unspecified atom stereocenters. The Morgan fingerprint density at radius 2 is 1.85 bits per heavy atom. The van der Waals surface area contributed by atoms with Crippen molar-refractivity contribution >= 4 is 12.0 Å². The molecule has 1 fully saturated rings. The molecule has 0 saturated carbocycles. The van der Waals surface area contributed by atoms with Crippen molar-refractivity contribution in [2.24, 2.45) is 0 Å². The summed E-state index contributed by atoms with van der Waals surface area (Å²) in [6.07, 6.45) is -1.03. The number of carbonyl (C=O) groups excluding carboxylic acids is 2. The molecular formula is C19H28N2O6. The highest BCUT2D eigenvalue weighted by Gasteiger charge is 2.32. The van der Waals surface area contributed by atoms with Gasteiger partial charge in [-0.15, -0.1) is 0 Å². The van der Waals surface area contributed by atoms with E-state index in [9.17, 15) is 14.7 Å². The quantitative estimate of drug-likeness (QED) is 0.827. The van der Waals surface area contributed by atoms with Gasteiger partial charge in [0.2, 0.25) is 0 Å². The summed E-state index contributed by atoms with van der Waals surface area (Å²) in [5.41, 5.74) is -0.169. The molecule has 2 rings (SSSR count). The highest BCUT2D eigenvalue weighted by molar-refractivity contribution is 5.95. The average molecular weight is 380 g/mol. The largest absolute Gasteiger partial charge is 0.493 e. The number of likely N-dealkylation sites (tertiary alicyclic amines) is 1. The number of nitrogens with zero attached hydrogens (tertiary/aromatic N) is 1. The molecule has 2 amide bonds. The predicted molar refractivity (Wildman–Crippen MR) is 99.2 cm³/mol. The van der Waals surface area contributed by atoms with Crippen LogP contribution in [0.4, 0.5) is 4.79 Å². The fourth-order valence-electron chi connectivity index (χ4n) is 2.90. The molecule has 8 heteroatoms. The number of hydrogen-bond acceptors (Lipinski definition) is 6. The topological polar surface area (TPSA) is 97.3 Å². The molecule has 1 heterocycles. The molecular weight excluding hydrogens is 352 g/mol. The number of β-amino-alcohol motifs (C(OH)–C–C–N with tert-alkyl or cyclic N) is 1. The van der Waals surface area contributed by atoms with Gasteiger partial charge in [-0.3, -0.25) is 4.79 Å². The van der Waals surface area contributed by atoms with Gasteiger partial charge < -0.3 is 29.5 Å². The van der Waals surface area contributed by atoms with Crippen LogP contribution in [0.3, 0.4) is 0 Å². The Labute approximate surface area is 159 Å². The molecule has 0 aromatic heterocycles. The van der Waals surface area contributed by atoms with Crippen molar-refractivity contribution < 1.29 is 28.9 Å². The first kappa shape index (κ1) is 20.8. The third-order valence-corrected chi connectivity index (χ3v) is 4.20. The zero-order chi connectivity index (χ0) is 20.2. The van der Waals surface area contributed by atoms with Crippen molar-refractivity contribution in [2.45, 2.75) is 44.9 Å². The van der Waals surface area contributed by atoms with Crippen molar-refractivity contribution in [3.8, 4) is 11.5 Å². The maximum absolute atomic E-state index is 12.7. The van der Waals surface area contributed by atoms with Gasteiger partial charge in [0.1, 0.15) is 5.60 Å². The molecule has 0 bridgehead atoms. The number of methoxy groups -OCH3 is 2. The first-order valence-corrected chi connectivity index (χ1v) is 8.83. The number of alkyl carbamates (subject to hydrolysis) is 1. The lowest BCUT2D eigenvalue weighted by atomic mass is 10.0. The number of rotatable bonds is 4. The minimum absolute atomic E-state index is 0.119. The van der Waals surface area contributed by atoms with Crippen molar-refractivity contribution in [3.05, 3.63) is 23.8 Å². The first-order valence-electron chi connectivity index (χ1n) is 8.83. The fraction of sp³-hybridized carbons (Fsp3) is 0.579. The number of piperidine rings is 1. The van der Waals surface area contributed by atoms with Gasteiger partial charge in [0.25, 0.3) is 5.91 Å². The van der Waals surface area contributed by atoms with Gasteiger partial charge in [0, 0.05) is 18.7 Å². The zero-order valence-corrected chi connectivity index (χ0v) is 16.4. The number of amides is 2. The van der Waals surface area contributed by atoms with Crippen LogP contribution >= 0.6 is 0 Å². The van der Waals surface area contributed by atoms with Crippen molar-refractivity contribution in [2.75, 3.05) is 27.3 Å². The van der Waals surface area contributed by atoms with Crippen LogP contribution in [0, 0.1) is 0 Å². The Morgan fingerprint density at radius 1 is 1.19 bits per heavy atom. The van der Waals surface area contributed by atoms with Gasteiger partial charge in [-0.2, -0.15) is 0 Å². The second-order valence-electron chi connectivity index (χ2n) is 7.43. The van der Waals surface area contributed by atoms with Gasteiger partial charge in [0.05, 0.1) is 26.4 Å². The molecule has 1 aromatic rings. The van der Waals surface area contributed by atoms with Crippen molar-refractivity contribution in [1.82, 2.24) is 10.2 Å². The molecule has 2 N–H and O–H groups in total. The van der Waals surface area contributed by atoms with Crippen LogP contribution in [0.15, 0.2) is 18.2 Å². The Morgan fingerprint density at radius 3 is 2.41 bits per heavy atom. The molecule has 1 aromatic carbocycles. The summed E-state index contributed by atoms with van der Waals surface area (Å²) in [4.78, 5) is 26.2. The summed E-state index contributed by atoms with van der Waals surface area (Å²) in [5, 5.41) is 13.0. The number of ether oxygens (including phenoxy) is 3. The molecule has 8 nitrogen and oxygen atoms in total.